The first-order valence-corrected chi connectivity index (χ1v) is 9.32. The highest BCUT2D eigenvalue weighted by Gasteiger charge is 2.28. The molecular formula is C18H16O7S. The van der Waals surface area contributed by atoms with E-state index in [2.05, 4.69) is 0 Å². The zero-order valence-electron chi connectivity index (χ0n) is 14.3. The number of carbonyl (C=O) groups excluding carboxylic acids is 1. The van der Waals surface area contributed by atoms with Gasteiger partial charge in [0.15, 0.2) is 17.3 Å². The van der Waals surface area contributed by atoms with Crippen molar-refractivity contribution in [3.8, 4) is 23.0 Å². The molecule has 0 saturated heterocycles. The number of fused-ring (bicyclic) bond motifs is 1. The van der Waals surface area contributed by atoms with E-state index < -0.39 is 10.1 Å². The fraction of sp³-hybridized carbons (Fsp3) is 0.167. The minimum Gasteiger partial charge on any atom is -0.493 e. The van der Waals surface area contributed by atoms with E-state index in [1.165, 1.54) is 32.4 Å². The molecule has 0 N–H and O–H groups in total. The smallest absolute Gasteiger partial charge is 0.306 e. The molecule has 0 atom stereocenters. The molecule has 26 heavy (non-hydrogen) atoms. The Hall–Kier alpha value is -3.00. The van der Waals surface area contributed by atoms with Gasteiger partial charge in [-0.2, -0.15) is 8.42 Å². The van der Waals surface area contributed by atoms with Crippen LogP contribution >= 0.6 is 0 Å². The third-order valence-electron chi connectivity index (χ3n) is 3.59. The molecule has 1 aliphatic rings. The maximum Gasteiger partial charge on any atom is 0.306 e. The number of allylic oxidation sites excluding steroid dienone is 1. The predicted molar refractivity (Wildman–Crippen MR) is 94.4 cm³/mol. The number of rotatable bonds is 5. The van der Waals surface area contributed by atoms with E-state index >= 15 is 0 Å². The largest absolute Gasteiger partial charge is 0.493 e. The predicted octanol–water partition coefficient (Wildman–Crippen LogP) is 2.66. The van der Waals surface area contributed by atoms with Gasteiger partial charge in [0.1, 0.15) is 11.5 Å². The Labute approximate surface area is 150 Å². The lowest BCUT2D eigenvalue weighted by Crippen LogP contribution is -2.05. The average molecular weight is 376 g/mol. The molecule has 0 fully saturated rings. The summed E-state index contributed by atoms with van der Waals surface area (Å²) < 4.78 is 43.2. The molecule has 0 bridgehead atoms. The second-order valence-corrected chi connectivity index (χ2v) is 7.07. The SMILES string of the molecule is COc1ccc(/C=C2\Oc3cc(OS(C)(=O)=O)ccc3C2=O)cc1OC. The molecule has 0 radical (unpaired) electrons. The van der Waals surface area contributed by atoms with Crippen molar-refractivity contribution in [2.24, 2.45) is 0 Å². The number of ether oxygens (including phenoxy) is 3. The van der Waals surface area contributed by atoms with Crippen LogP contribution in [0, 0.1) is 0 Å². The summed E-state index contributed by atoms with van der Waals surface area (Å²) in [6, 6.07) is 9.42. The monoisotopic (exact) mass is 376 g/mol. The summed E-state index contributed by atoms with van der Waals surface area (Å²) in [5, 5.41) is 0. The van der Waals surface area contributed by atoms with Gasteiger partial charge in [0.2, 0.25) is 5.78 Å². The van der Waals surface area contributed by atoms with Crippen molar-refractivity contribution in [3.63, 3.8) is 0 Å². The first-order chi connectivity index (χ1) is 12.3. The van der Waals surface area contributed by atoms with Crippen molar-refractivity contribution in [2.75, 3.05) is 20.5 Å². The fourth-order valence-corrected chi connectivity index (χ4v) is 2.94. The van der Waals surface area contributed by atoms with Crippen molar-refractivity contribution in [1.82, 2.24) is 0 Å². The van der Waals surface area contributed by atoms with E-state index in [-0.39, 0.29) is 23.0 Å². The van der Waals surface area contributed by atoms with Crippen molar-refractivity contribution >= 4 is 22.0 Å². The molecule has 0 spiro atoms. The van der Waals surface area contributed by atoms with Gasteiger partial charge >= 0.3 is 10.1 Å². The van der Waals surface area contributed by atoms with Gasteiger partial charge in [-0.05, 0) is 35.9 Å². The summed E-state index contributed by atoms with van der Waals surface area (Å²) in [4.78, 5) is 12.5. The lowest BCUT2D eigenvalue weighted by Gasteiger charge is -2.08. The standard InChI is InChI=1S/C18H16O7S/c1-22-14-7-4-11(8-16(14)23-2)9-17-18(19)13-6-5-12(10-15(13)24-17)25-26(3,20)21/h4-10H,1-3H3/b17-9-. The van der Waals surface area contributed by atoms with Crippen LogP contribution in [0.3, 0.4) is 0 Å². The van der Waals surface area contributed by atoms with Gasteiger partial charge < -0.3 is 18.4 Å². The first-order valence-electron chi connectivity index (χ1n) is 7.50. The Morgan fingerprint density at radius 1 is 1.00 bits per heavy atom. The molecule has 3 rings (SSSR count). The molecule has 1 heterocycles. The quantitative estimate of drug-likeness (QED) is 0.585. The molecule has 0 unspecified atom stereocenters. The third kappa shape index (κ3) is 3.65. The zero-order valence-corrected chi connectivity index (χ0v) is 15.1. The van der Waals surface area contributed by atoms with Crippen LogP contribution in [-0.4, -0.2) is 34.7 Å². The van der Waals surface area contributed by atoms with Gasteiger partial charge in [-0.25, -0.2) is 0 Å². The summed E-state index contributed by atoms with van der Waals surface area (Å²) in [6.07, 6.45) is 2.51. The van der Waals surface area contributed by atoms with Gasteiger partial charge in [0.25, 0.3) is 0 Å². The van der Waals surface area contributed by atoms with Gasteiger partial charge in [0, 0.05) is 6.07 Å². The van der Waals surface area contributed by atoms with E-state index in [0.29, 0.717) is 22.6 Å². The Bertz CT molecular complexity index is 1010. The lowest BCUT2D eigenvalue weighted by atomic mass is 10.1. The second kappa shape index (κ2) is 6.72. The first kappa shape index (κ1) is 17.8. The van der Waals surface area contributed by atoms with Crippen LogP contribution in [0.5, 0.6) is 23.0 Å². The van der Waals surface area contributed by atoms with E-state index in [9.17, 15) is 13.2 Å². The van der Waals surface area contributed by atoms with Crippen molar-refractivity contribution in [3.05, 3.63) is 53.3 Å². The number of carbonyl (C=O) groups is 1. The topological polar surface area (TPSA) is 88.1 Å². The van der Waals surface area contributed by atoms with Crippen molar-refractivity contribution in [1.29, 1.82) is 0 Å². The maximum absolute atomic E-state index is 12.5. The van der Waals surface area contributed by atoms with Crippen molar-refractivity contribution in [2.45, 2.75) is 0 Å². The summed E-state index contributed by atoms with van der Waals surface area (Å²) in [5.41, 5.74) is 1.02. The zero-order chi connectivity index (χ0) is 18.9. The highest BCUT2D eigenvalue weighted by molar-refractivity contribution is 7.86. The van der Waals surface area contributed by atoms with Crippen LogP contribution < -0.4 is 18.4 Å². The van der Waals surface area contributed by atoms with E-state index in [0.717, 1.165) is 6.26 Å². The summed E-state index contributed by atoms with van der Waals surface area (Å²) in [7, 11) is -0.612. The molecule has 7 nitrogen and oxygen atoms in total. The Kier molecular flexibility index (Phi) is 4.60. The molecule has 8 heteroatoms. The number of hydrogen-bond donors (Lipinski definition) is 0. The highest BCUT2D eigenvalue weighted by Crippen LogP contribution is 2.36. The molecule has 1 aliphatic heterocycles. The molecule has 2 aromatic rings. The van der Waals surface area contributed by atoms with E-state index in [1.54, 1.807) is 24.3 Å². The molecule has 136 valence electrons. The number of methoxy groups -OCH3 is 2. The minimum absolute atomic E-state index is 0.0754. The molecule has 0 aromatic heterocycles. The van der Waals surface area contributed by atoms with Crippen LogP contribution in [0.25, 0.3) is 6.08 Å². The van der Waals surface area contributed by atoms with Crippen LogP contribution in [-0.2, 0) is 10.1 Å². The van der Waals surface area contributed by atoms with E-state index in [1.807, 2.05) is 0 Å². The molecule has 2 aromatic carbocycles. The maximum atomic E-state index is 12.5. The van der Waals surface area contributed by atoms with Crippen LogP contribution in [0.15, 0.2) is 42.2 Å². The third-order valence-corrected chi connectivity index (χ3v) is 4.09. The fourth-order valence-electron chi connectivity index (χ4n) is 2.49. The number of hydrogen-bond acceptors (Lipinski definition) is 7. The van der Waals surface area contributed by atoms with Gasteiger partial charge in [-0.1, -0.05) is 6.07 Å². The van der Waals surface area contributed by atoms with Crippen LogP contribution in [0.1, 0.15) is 15.9 Å². The van der Waals surface area contributed by atoms with Crippen LogP contribution in [0.4, 0.5) is 0 Å². The van der Waals surface area contributed by atoms with Gasteiger partial charge in [0.05, 0.1) is 26.0 Å². The number of benzene rings is 2. The molecule has 0 amide bonds. The Morgan fingerprint density at radius 3 is 2.38 bits per heavy atom. The minimum atomic E-state index is -3.67. The van der Waals surface area contributed by atoms with Gasteiger partial charge in [-0.15, -0.1) is 0 Å². The Balaban J connectivity index is 1.91. The normalized spacial score (nSPS) is 14.7. The highest BCUT2D eigenvalue weighted by atomic mass is 32.2. The second-order valence-electron chi connectivity index (χ2n) is 5.50. The van der Waals surface area contributed by atoms with E-state index in [4.69, 9.17) is 18.4 Å². The number of ketones is 1. The average Bonchev–Trinajstić information content (AvgIpc) is 2.88. The number of Topliss-reactive ketones (excluding diaryl/α,β-unsaturated/α-hetero) is 1. The molecule has 0 saturated carbocycles. The summed E-state index contributed by atoms with van der Waals surface area (Å²) >= 11 is 0. The summed E-state index contributed by atoms with van der Waals surface area (Å²) in [5.74, 6) is 1.21. The van der Waals surface area contributed by atoms with Crippen LogP contribution in [0.2, 0.25) is 0 Å². The molecular weight excluding hydrogens is 360 g/mol. The lowest BCUT2D eigenvalue weighted by molar-refractivity contribution is 0.101. The van der Waals surface area contributed by atoms with Gasteiger partial charge in [-0.3, -0.25) is 4.79 Å². The molecule has 0 aliphatic carbocycles. The summed E-state index contributed by atoms with van der Waals surface area (Å²) in [6.45, 7) is 0. The van der Waals surface area contributed by atoms with Crippen molar-refractivity contribution < 1.29 is 31.6 Å². The Morgan fingerprint density at radius 2 is 1.73 bits per heavy atom.